The normalized spacial score (nSPS) is 13.3. The summed E-state index contributed by atoms with van der Waals surface area (Å²) >= 11 is 0. The van der Waals surface area contributed by atoms with Crippen LogP contribution in [0.3, 0.4) is 0 Å². The molecule has 0 amide bonds. The number of aromatic nitrogens is 6. The monoisotopic (exact) mass is 1110 g/mol. The lowest BCUT2D eigenvalue weighted by Crippen LogP contribution is -2.09. The third kappa shape index (κ3) is 12.9. The summed E-state index contributed by atoms with van der Waals surface area (Å²) in [4.78, 5) is 12.3. The maximum Gasteiger partial charge on any atom is 0.584 e. The number of phosphoric acid groups is 1. The van der Waals surface area contributed by atoms with Crippen LogP contribution < -0.4 is 9.05 Å². The number of rotatable bonds is 24. The number of hydrogen-bond donors (Lipinski definition) is 1. The molecule has 0 aliphatic carbocycles. The Bertz CT molecular complexity index is 3280. The van der Waals surface area contributed by atoms with Crippen molar-refractivity contribution in [3.8, 4) is 56.5 Å². The van der Waals surface area contributed by atoms with Crippen LogP contribution in [0.1, 0.15) is 254 Å². The molecule has 2 aromatic heterocycles. The maximum atomic E-state index is 15.1. The average molecular weight is 1110 g/mol. The summed E-state index contributed by atoms with van der Waals surface area (Å²) in [5.41, 5.74) is 15.3. The SMILES string of the molecule is CCCCCCCCc1ccc2c3c(c(-c4cn(-c5c(C(C)C)cc(C(C)C)cc5C(C)C)nn4)cc2c1)OP(=O)(O)Oc1c(-c2cn(-c4c(C(C)C)cc(C(C)C)cc4C(C)C)nn2)cc2cc(CCCCCCCC)ccc2c1-3. The molecule has 0 spiro atoms. The fraction of sp³-hybridized carbons (Fsp3) is 0.486. The van der Waals surface area contributed by atoms with Gasteiger partial charge in [0.25, 0.3) is 0 Å². The fourth-order valence-electron chi connectivity index (χ4n) is 12.1. The van der Waals surface area contributed by atoms with Crippen molar-refractivity contribution >= 4 is 29.4 Å². The molecular formula is C70H91N6O4P. The van der Waals surface area contributed by atoms with Crippen LogP contribution >= 0.6 is 7.82 Å². The highest BCUT2D eigenvalue weighted by Crippen LogP contribution is 2.61. The number of unbranched alkanes of at least 4 members (excludes halogenated alkanes) is 10. The Morgan fingerprint density at radius 3 is 1.14 bits per heavy atom. The highest BCUT2D eigenvalue weighted by Gasteiger charge is 2.39. The van der Waals surface area contributed by atoms with Gasteiger partial charge in [0.2, 0.25) is 0 Å². The van der Waals surface area contributed by atoms with E-state index < -0.39 is 7.82 Å². The van der Waals surface area contributed by atoms with E-state index in [-0.39, 0.29) is 35.2 Å². The standard InChI is InChI=1S/C70H91N6O4P/c1-15-17-19-21-23-25-27-49-29-31-55-53(33-49)39-61(63-41-75(73-71-63)67-57(45(7)8)35-51(43(3)4)36-58(67)46(9)10)69-65(55)66-56-32-30-50(28-26-24-22-20-18-16-2)34-54(56)40-62(70(66)80-81(77,78)79-69)64-42-76(74-72-64)68-59(47(11)12)37-52(44(5)6)38-60(68)48(13)14/h29-48H,15-28H2,1-14H3,(H,77,78). The predicted octanol–water partition coefficient (Wildman–Crippen LogP) is 20.6. The molecule has 0 atom stereocenters. The molecular weight excluding hydrogens is 1020 g/mol. The van der Waals surface area contributed by atoms with Gasteiger partial charge in [0.15, 0.2) is 11.5 Å². The Morgan fingerprint density at radius 2 is 0.802 bits per heavy atom. The Balaban J connectivity index is 1.31. The van der Waals surface area contributed by atoms with Crippen molar-refractivity contribution in [3.63, 3.8) is 0 Å². The molecule has 9 rings (SSSR count). The zero-order valence-corrected chi connectivity index (χ0v) is 52.1. The van der Waals surface area contributed by atoms with Crippen LogP contribution in [0, 0.1) is 0 Å². The van der Waals surface area contributed by atoms with Gasteiger partial charge < -0.3 is 9.05 Å². The lowest BCUT2D eigenvalue weighted by Gasteiger charge is -2.22. The first kappa shape index (κ1) is 59.5. The van der Waals surface area contributed by atoms with Gasteiger partial charge in [0, 0.05) is 22.3 Å². The molecule has 11 heteroatoms. The number of nitrogens with zero attached hydrogens (tertiary/aromatic N) is 6. The van der Waals surface area contributed by atoms with Crippen LogP contribution in [-0.4, -0.2) is 34.9 Å². The third-order valence-electron chi connectivity index (χ3n) is 16.8. The molecule has 430 valence electrons. The lowest BCUT2D eigenvalue weighted by atomic mass is 9.86. The number of fused-ring (bicyclic) bond motifs is 7. The summed E-state index contributed by atoms with van der Waals surface area (Å²) in [6.07, 6.45) is 20.3. The van der Waals surface area contributed by atoms with Gasteiger partial charge in [-0.25, -0.2) is 13.9 Å². The first-order chi connectivity index (χ1) is 38.8. The second-order valence-electron chi connectivity index (χ2n) is 25.2. The molecule has 0 saturated carbocycles. The number of benzene rings is 6. The van der Waals surface area contributed by atoms with Gasteiger partial charge in [-0.2, -0.15) is 0 Å². The molecule has 81 heavy (non-hydrogen) atoms. The highest BCUT2D eigenvalue weighted by atomic mass is 31.2. The summed E-state index contributed by atoms with van der Waals surface area (Å²) < 4.78 is 32.0. The van der Waals surface area contributed by atoms with Crippen molar-refractivity contribution in [2.75, 3.05) is 0 Å². The highest BCUT2D eigenvalue weighted by molar-refractivity contribution is 7.48. The maximum absolute atomic E-state index is 15.1. The number of aryl methyl sites for hydroxylation is 2. The van der Waals surface area contributed by atoms with Gasteiger partial charge in [-0.05, 0) is 139 Å². The zero-order valence-electron chi connectivity index (χ0n) is 51.2. The van der Waals surface area contributed by atoms with Crippen LogP contribution in [-0.2, 0) is 17.4 Å². The van der Waals surface area contributed by atoms with E-state index in [0.29, 0.717) is 45.5 Å². The summed E-state index contributed by atoms with van der Waals surface area (Å²) in [7, 11) is -4.94. The van der Waals surface area contributed by atoms with E-state index in [9.17, 15) is 4.89 Å². The first-order valence-electron chi connectivity index (χ1n) is 30.9. The fourth-order valence-corrected chi connectivity index (χ4v) is 13.0. The van der Waals surface area contributed by atoms with Crippen LogP contribution in [0.4, 0.5) is 0 Å². The summed E-state index contributed by atoms with van der Waals surface area (Å²) in [5.74, 6) is 1.97. The average Bonchev–Trinajstić information content (AvgIpc) is 4.34. The van der Waals surface area contributed by atoms with Crippen LogP contribution in [0.25, 0.3) is 66.6 Å². The van der Waals surface area contributed by atoms with E-state index in [0.717, 1.165) is 58.6 Å². The molecule has 1 aliphatic rings. The van der Waals surface area contributed by atoms with Gasteiger partial charge in [-0.1, -0.05) is 232 Å². The smallest absolute Gasteiger partial charge is 0.394 e. The second kappa shape index (κ2) is 25.6. The van der Waals surface area contributed by atoms with Crippen molar-refractivity contribution in [2.24, 2.45) is 0 Å². The Labute approximate surface area is 484 Å². The molecule has 0 bridgehead atoms. The molecule has 0 fully saturated rings. The van der Waals surface area contributed by atoms with Gasteiger partial charge in [0.05, 0.1) is 23.8 Å². The van der Waals surface area contributed by atoms with Crippen molar-refractivity contribution in [1.82, 2.24) is 30.0 Å². The van der Waals surface area contributed by atoms with Crippen LogP contribution in [0.15, 0.2) is 85.2 Å². The van der Waals surface area contributed by atoms with Crippen molar-refractivity contribution in [3.05, 3.63) is 130 Å². The summed E-state index contributed by atoms with van der Waals surface area (Å²) in [5, 5.41) is 23.4. The topological polar surface area (TPSA) is 117 Å². The van der Waals surface area contributed by atoms with E-state index in [1.807, 2.05) is 21.8 Å². The Morgan fingerprint density at radius 1 is 0.457 bits per heavy atom. The molecule has 1 N–H and O–H groups in total. The third-order valence-corrected chi connectivity index (χ3v) is 17.6. The van der Waals surface area contributed by atoms with E-state index in [1.54, 1.807) is 0 Å². The second-order valence-corrected chi connectivity index (χ2v) is 26.5. The predicted molar refractivity (Wildman–Crippen MR) is 337 cm³/mol. The van der Waals surface area contributed by atoms with Crippen molar-refractivity contribution < 1.29 is 18.5 Å². The molecule has 8 aromatic rings. The van der Waals surface area contributed by atoms with Crippen LogP contribution in [0.5, 0.6) is 11.5 Å². The summed E-state index contributed by atoms with van der Waals surface area (Å²) in [6, 6.07) is 26.8. The van der Waals surface area contributed by atoms with E-state index in [1.165, 1.54) is 109 Å². The van der Waals surface area contributed by atoms with E-state index >= 15 is 4.57 Å². The van der Waals surface area contributed by atoms with Gasteiger partial charge in [-0.3, -0.25) is 4.89 Å². The summed E-state index contributed by atoms with van der Waals surface area (Å²) in [6.45, 7) is 31.3. The Hall–Kier alpha value is -6.09. The van der Waals surface area contributed by atoms with E-state index in [2.05, 4.69) is 170 Å². The van der Waals surface area contributed by atoms with Gasteiger partial charge in [0.1, 0.15) is 11.4 Å². The largest absolute Gasteiger partial charge is 0.584 e. The first-order valence-corrected chi connectivity index (χ1v) is 32.4. The number of hydrogen-bond acceptors (Lipinski definition) is 7. The lowest BCUT2D eigenvalue weighted by molar-refractivity contribution is 0.295. The molecule has 0 unspecified atom stereocenters. The minimum absolute atomic E-state index is 0.207. The molecule has 3 heterocycles. The molecule has 0 saturated heterocycles. The molecule has 6 aromatic carbocycles. The quantitative estimate of drug-likeness (QED) is 0.0470. The molecule has 1 aliphatic heterocycles. The van der Waals surface area contributed by atoms with E-state index in [4.69, 9.17) is 29.7 Å². The minimum Gasteiger partial charge on any atom is -0.394 e. The molecule has 0 radical (unpaired) electrons. The van der Waals surface area contributed by atoms with Gasteiger partial charge in [-0.15, -0.1) is 10.2 Å². The number of phosphoric ester groups is 1. The van der Waals surface area contributed by atoms with Crippen molar-refractivity contribution in [2.45, 2.75) is 222 Å². The van der Waals surface area contributed by atoms with Crippen LogP contribution in [0.2, 0.25) is 0 Å². The molecule has 10 nitrogen and oxygen atoms in total. The van der Waals surface area contributed by atoms with Gasteiger partial charge >= 0.3 is 7.82 Å². The Kier molecular flexibility index (Phi) is 18.8. The minimum atomic E-state index is -4.94. The zero-order chi connectivity index (χ0) is 57.9. The van der Waals surface area contributed by atoms with Crippen molar-refractivity contribution in [1.29, 1.82) is 0 Å².